The lowest BCUT2D eigenvalue weighted by molar-refractivity contribution is 0.0688. The van der Waals surface area contributed by atoms with Gasteiger partial charge in [-0.05, 0) is 41.1 Å². The lowest BCUT2D eigenvalue weighted by Crippen LogP contribution is -2.17. The predicted octanol–water partition coefficient (Wildman–Crippen LogP) is 2.06. The second-order valence-corrected chi connectivity index (χ2v) is 6.87. The molecule has 1 aromatic carbocycles. The van der Waals surface area contributed by atoms with Crippen molar-refractivity contribution in [3.63, 3.8) is 0 Å². The maximum absolute atomic E-state index is 11.8. The number of nitrogens with zero attached hydrogens (tertiary/aromatic N) is 1. The van der Waals surface area contributed by atoms with E-state index in [1.165, 1.54) is 0 Å². The van der Waals surface area contributed by atoms with E-state index in [4.69, 9.17) is 0 Å². The average molecular weight is 379 g/mol. The minimum atomic E-state index is -3.67. The minimum Gasteiger partial charge on any atom is -0.477 e. The maximum atomic E-state index is 11.8. The van der Waals surface area contributed by atoms with Gasteiger partial charge in [0, 0.05) is 5.39 Å². The number of aryl methyl sites for hydroxylation is 1. The van der Waals surface area contributed by atoms with Crippen LogP contribution in [0.5, 0.6) is 0 Å². The minimum absolute atomic E-state index is 0.206. The summed E-state index contributed by atoms with van der Waals surface area (Å²) in [5, 5.41) is 9.88. The molecule has 18 heavy (non-hydrogen) atoms. The molecule has 2 aromatic rings. The van der Waals surface area contributed by atoms with Crippen molar-refractivity contribution in [2.24, 2.45) is 0 Å². The summed E-state index contributed by atoms with van der Waals surface area (Å²) in [5.41, 5.74) is 1.04. The van der Waals surface area contributed by atoms with Crippen LogP contribution in [0.15, 0.2) is 18.2 Å². The molecule has 0 bridgehead atoms. The van der Waals surface area contributed by atoms with Gasteiger partial charge in [0.05, 0.1) is 15.3 Å². The second-order valence-electron chi connectivity index (χ2n) is 3.96. The largest absolute Gasteiger partial charge is 0.477 e. The van der Waals surface area contributed by atoms with Crippen molar-refractivity contribution in [1.82, 2.24) is 3.97 Å². The van der Waals surface area contributed by atoms with Crippen molar-refractivity contribution in [1.29, 1.82) is 0 Å². The number of benzene rings is 1. The first-order valence-electron chi connectivity index (χ1n) is 4.98. The third-order valence-corrected chi connectivity index (χ3v) is 4.73. The molecule has 0 saturated carbocycles. The highest BCUT2D eigenvalue weighted by Crippen LogP contribution is 2.31. The standard InChI is InChI=1S/C11H10INO4S/c1-6-4-3-5-7-8(6)9(12)10(11(14)15)13(7)18(2,16)17/h3-5H,1-2H3,(H,14,15). The third kappa shape index (κ3) is 1.91. The van der Waals surface area contributed by atoms with E-state index in [2.05, 4.69) is 0 Å². The van der Waals surface area contributed by atoms with Gasteiger partial charge < -0.3 is 5.11 Å². The maximum Gasteiger partial charge on any atom is 0.354 e. The highest BCUT2D eigenvalue weighted by atomic mass is 127. The van der Waals surface area contributed by atoms with Gasteiger partial charge in [-0.25, -0.2) is 17.2 Å². The Morgan fingerprint density at radius 3 is 2.50 bits per heavy atom. The fourth-order valence-corrected chi connectivity index (χ4v) is 4.31. The monoisotopic (exact) mass is 379 g/mol. The molecule has 1 heterocycles. The molecule has 0 aliphatic heterocycles. The number of aromatic nitrogens is 1. The third-order valence-electron chi connectivity index (χ3n) is 2.63. The Bertz CT molecular complexity index is 761. The van der Waals surface area contributed by atoms with Crippen molar-refractivity contribution in [3.8, 4) is 0 Å². The Morgan fingerprint density at radius 1 is 1.39 bits per heavy atom. The van der Waals surface area contributed by atoms with Gasteiger partial charge in [0.15, 0.2) is 5.69 Å². The molecule has 96 valence electrons. The van der Waals surface area contributed by atoms with E-state index < -0.39 is 16.0 Å². The Balaban J connectivity index is 3.13. The van der Waals surface area contributed by atoms with Crippen molar-refractivity contribution in [2.75, 3.05) is 6.26 Å². The van der Waals surface area contributed by atoms with Crippen LogP contribution in [0.2, 0.25) is 0 Å². The Labute approximate surface area is 118 Å². The van der Waals surface area contributed by atoms with Crippen LogP contribution in [-0.4, -0.2) is 29.7 Å². The van der Waals surface area contributed by atoms with Crippen LogP contribution in [0.25, 0.3) is 10.9 Å². The fraction of sp³-hybridized carbons (Fsp3) is 0.182. The van der Waals surface area contributed by atoms with E-state index in [1.54, 1.807) is 12.1 Å². The molecule has 1 aromatic heterocycles. The van der Waals surface area contributed by atoms with Crippen molar-refractivity contribution in [2.45, 2.75) is 6.92 Å². The quantitative estimate of drug-likeness (QED) is 0.811. The number of halogens is 1. The molecule has 5 nitrogen and oxygen atoms in total. The molecule has 7 heteroatoms. The van der Waals surface area contributed by atoms with E-state index >= 15 is 0 Å². The zero-order chi connectivity index (χ0) is 13.7. The second kappa shape index (κ2) is 4.23. The molecule has 0 radical (unpaired) electrons. The van der Waals surface area contributed by atoms with Gasteiger partial charge in [0.2, 0.25) is 10.0 Å². The summed E-state index contributed by atoms with van der Waals surface area (Å²) in [5.74, 6) is -1.25. The molecule has 0 amide bonds. The number of hydrogen-bond donors (Lipinski definition) is 1. The number of hydrogen-bond acceptors (Lipinski definition) is 3. The van der Waals surface area contributed by atoms with Crippen molar-refractivity contribution in [3.05, 3.63) is 33.0 Å². The van der Waals surface area contributed by atoms with Gasteiger partial charge in [-0.2, -0.15) is 0 Å². The van der Waals surface area contributed by atoms with Crippen LogP contribution in [0, 0.1) is 10.5 Å². The Kier molecular flexibility index (Phi) is 3.14. The van der Waals surface area contributed by atoms with E-state index in [9.17, 15) is 18.3 Å². The van der Waals surface area contributed by atoms with Gasteiger partial charge in [-0.3, -0.25) is 0 Å². The van der Waals surface area contributed by atoms with Crippen LogP contribution in [-0.2, 0) is 10.0 Å². The first kappa shape index (κ1) is 13.3. The molecular formula is C11H10INO4S. The van der Waals surface area contributed by atoms with Crippen LogP contribution in [0.4, 0.5) is 0 Å². The molecular weight excluding hydrogens is 369 g/mol. The lowest BCUT2D eigenvalue weighted by Gasteiger charge is -2.05. The van der Waals surface area contributed by atoms with Crippen LogP contribution >= 0.6 is 22.6 Å². The number of aromatic carboxylic acids is 1. The average Bonchev–Trinajstić information content (AvgIpc) is 2.52. The fourth-order valence-electron chi connectivity index (χ4n) is 1.96. The first-order chi connectivity index (χ1) is 8.25. The van der Waals surface area contributed by atoms with Crippen LogP contribution < -0.4 is 0 Å². The number of carboxylic acid groups (broad SMARTS) is 1. The summed E-state index contributed by atoms with van der Waals surface area (Å²) in [6.07, 6.45) is 0.997. The summed E-state index contributed by atoms with van der Waals surface area (Å²) in [6, 6.07) is 5.14. The van der Waals surface area contributed by atoms with E-state index in [0.717, 1.165) is 15.8 Å². The molecule has 0 unspecified atom stereocenters. The molecule has 0 aliphatic carbocycles. The van der Waals surface area contributed by atoms with Crippen LogP contribution in [0.1, 0.15) is 16.1 Å². The molecule has 2 rings (SSSR count). The van der Waals surface area contributed by atoms with E-state index in [-0.39, 0.29) is 5.69 Å². The van der Waals surface area contributed by atoms with Gasteiger partial charge in [0.25, 0.3) is 0 Å². The summed E-state index contributed by atoms with van der Waals surface area (Å²) in [7, 11) is -3.67. The lowest BCUT2D eigenvalue weighted by atomic mass is 10.1. The van der Waals surface area contributed by atoms with Gasteiger partial charge in [0.1, 0.15) is 0 Å². The van der Waals surface area contributed by atoms with E-state index in [1.807, 2.05) is 35.6 Å². The van der Waals surface area contributed by atoms with Gasteiger partial charge in [-0.15, -0.1) is 0 Å². The molecule has 0 saturated heterocycles. The summed E-state index contributed by atoms with van der Waals surface area (Å²) in [4.78, 5) is 11.3. The summed E-state index contributed by atoms with van der Waals surface area (Å²) in [6.45, 7) is 1.82. The molecule has 0 fully saturated rings. The normalized spacial score (nSPS) is 11.9. The van der Waals surface area contributed by atoms with Crippen molar-refractivity contribution < 1.29 is 18.3 Å². The molecule has 0 aliphatic rings. The number of fused-ring (bicyclic) bond motifs is 1. The molecule has 1 N–H and O–H groups in total. The summed E-state index contributed by atoms with van der Waals surface area (Å²) < 4.78 is 24.9. The first-order valence-corrected chi connectivity index (χ1v) is 7.91. The van der Waals surface area contributed by atoms with E-state index in [0.29, 0.717) is 14.5 Å². The zero-order valence-corrected chi connectivity index (χ0v) is 12.6. The number of rotatable bonds is 2. The predicted molar refractivity (Wildman–Crippen MR) is 76.6 cm³/mol. The zero-order valence-electron chi connectivity index (χ0n) is 9.64. The molecule has 0 spiro atoms. The highest BCUT2D eigenvalue weighted by Gasteiger charge is 2.26. The van der Waals surface area contributed by atoms with Gasteiger partial charge >= 0.3 is 5.97 Å². The number of carboxylic acids is 1. The Hall–Kier alpha value is -1.09. The topological polar surface area (TPSA) is 76.4 Å². The number of carbonyl (C=O) groups is 1. The van der Waals surface area contributed by atoms with Gasteiger partial charge in [-0.1, -0.05) is 12.1 Å². The summed E-state index contributed by atoms with van der Waals surface area (Å²) >= 11 is 1.87. The smallest absolute Gasteiger partial charge is 0.354 e. The molecule has 0 atom stereocenters. The van der Waals surface area contributed by atoms with Crippen LogP contribution in [0.3, 0.4) is 0 Å². The highest BCUT2D eigenvalue weighted by molar-refractivity contribution is 14.1. The SMILES string of the molecule is Cc1cccc2c1c(I)c(C(=O)O)n2S(C)(=O)=O. The Morgan fingerprint density at radius 2 is 2.00 bits per heavy atom. The van der Waals surface area contributed by atoms with Crippen molar-refractivity contribution >= 4 is 49.5 Å².